The molecule has 4 heteroatoms. The number of piperidine rings is 1. The van der Waals surface area contributed by atoms with Crippen molar-refractivity contribution in [3.63, 3.8) is 0 Å². The molecule has 1 aliphatic carbocycles. The van der Waals surface area contributed by atoms with E-state index in [1.165, 1.54) is 52.5 Å². The van der Waals surface area contributed by atoms with Crippen molar-refractivity contribution < 1.29 is 0 Å². The van der Waals surface area contributed by atoms with Gasteiger partial charge >= 0.3 is 0 Å². The van der Waals surface area contributed by atoms with Crippen LogP contribution in [0.4, 0.5) is 5.82 Å². The number of rotatable bonds is 2. The molecular weight excluding hydrogens is 308 g/mol. The molecule has 0 bridgehead atoms. The Labute approximate surface area is 148 Å². The maximum Gasteiger partial charge on any atom is 0.129 e. The number of aromatic amines is 1. The zero-order valence-corrected chi connectivity index (χ0v) is 14.8. The molecule has 2 aromatic heterocycles. The van der Waals surface area contributed by atoms with Crippen LogP contribution in [0, 0.1) is 6.92 Å². The molecule has 0 amide bonds. The number of pyridine rings is 1. The Balaban J connectivity index is 1.43. The minimum absolute atomic E-state index is 0.601. The third kappa shape index (κ3) is 2.60. The van der Waals surface area contributed by atoms with Gasteiger partial charge in [-0.2, -0.15) is 5.10 Å². The number of hydrogen-bond donors (Lipinski definition) is 1. The molecule has 0 radical (unpaired) electrons. The average molecular weight is 332 g/mol. The Kier molecular flexibility index (Phi) is 3.51. The molecule has 5 rings (SSSR count). The predicted octanol–water partition coefficient (Wildman–Crippen LogP) is 4.14. The lowest BCUT2D eigenvalue weighted by atomic mass is 9.93. The van der Waals surface area contributed by atoms with E-state index in [-0.39, 0.29) is 0 Å². The number of nitrogens with zero attached hydrogens (tertiary/aromatic N) is 3. The highest BCUT2D eigenvalue weighted by atomic mass is 15.2. The van der Waals surface area contributed by atoms with Crippen LogP contribution in [0.15, 0.2) is 30.5 Å². The number of anilines is 1. The van der Waals surface area contributed by atoms with Crippen molar-refractivity contribution in [1.29, 1.82) is 0 Å². The van der Waals surface area contributed by atoms with Gasteiger partial charge in [0, 0.05) is 36.3 Å². The van der Waals surface area contributed by atoms with E-state index in [1.54, 1.807) is 0 Å². The average Bonchev–Trinajstić information content (AvgIpc) is 3.32. The van der Waals surface area contributed by atoms with Crippen molar-refractivity contribution in [2.45, 2.75) is 44.9 Å². The van der Waals surface area contributed by atoms with E-state index >= 15 is 0 Å². The maximum atomic E-state index is 5.03. The van der Waals surface area contributed by atoms with Gasteiger partial charge in [0.25, 0.3) is 0 Å². The van der Waals surface area contributed by atoms with Gasteiger partial charge in [-0.05, 0) is 80.0 Å². The number of aryl methyl sites for hydroxylation is 3. The molecule has 1 fully saturated rings. The summed E-state index contributed by atoms with van der Waals surface area (Å²) in [6, 6.07) is 9.11. The van der Waals surface area contributed by atoms with Crippen LogP contribution in [0.5, 0.6) is 0 Å². The molecule has 3 heterocycles. The highest BCUT2D eigenvalue weighted by Gasteiger charge is 2.23. The van der Waals surface area contributed by atoms with Crippen LogP contribution in [0.3, 0.4) is 0 Å². The van der Waals surface area contributed by atoms with Gasteiger partial charge in [-0.25, -0.2) is 4.98 Å². The second-order valence-electron chi connectivity index (χ2n) is 7.56. The third-order valence-corrected chi connectivity index (χ3v) is 6.00. The Hall–Kier alpha value is -2.36. The van der Waals surface area contributed by atoms with E-state index in [1.807, 2.05) is 6.20 Å². The summed E-state index contributed by atoms with van der Waals surface area (Å²) in [5, 5.41) is 8.56. The van der Waals surface area contributed by atoms with Crippen LogP contribution >= 0.6 is 0 Å². The van der Waals surface area contributed by atoms with Crippen LogP contribution in [0.25, 0.3) is 10.9 Å². The lowest BCUT2D eigenvalue weighted by Crippen LogP contribution is -2.33. The van der Waals surface area contributed by atoms with E-state index in [9.17, 15) is 0 Å². The zero-order valence-electron chi connectivity index (χ0n) is 14.8. The Morgan fingerprint density at radius 3 is 2.64 bits per heavy atom. The Bertz CT molecular complexity index is 905. The predicted molar refractivity (Wildman–Crippen MR) is 101 cm³/mol. The third-order valence-electron chi connectivity index (χ3n) is 6.00. The number of fused-ring (bicyclic) bond motifs is 2. The Morgan fingerprint density at radius 2 is 1.88 bits per heavy atom. The summed E-state index contributed by atoms with van der Waals surface area (Å²) in [7, 11) is 0. The number of aromatic nitrogens is 3. The van der Waals surface area contributed by atoms with Crippen LogP contribution < -0.4 is 4.90 Å². The van der Waals surface area contributed by atoms with Gasteiger partial charge in [-0.1, -0.05) is 0 Å². The maximum absolute atomic E-state index is 5.03. The summed E-state index contributed by atoms with van der Waals surface area (Å²) in [5.74, 6) is 1.74. The number of H-pyrrole nitrogens is 1. The first-order chi connectivity index (χ1) is 12.3. The fourth-order valence-electron chi connectivity index (χ4n) is 4.52. The van der Waals surface area contributed by atoms with Gasteiger partial charge in [0.2, 0.25) is 0 Å². The Morgan fingerprint density at radius 1 is 1.08 bits per heavy atom. The van der Waals surface area contributed by atoms with E-state index in [2.05, 4.69) is 46.3 Å². The lowest BCUT2D eigenvalue weighted by Gasteiger charge is -2.32. The molecule has 0 unspecified atom stereocenters. The first-order valence-corrected chi connectivity index (χ1v) is 9.45. The van der Waals surface area contributed by atoms with Gasteiger partial charge in [0.1, 0.15) is 5.82 Å². The standard InChI is InChI=1S/C21H24N4/c1-14-11-21(23-20-13-17-4-2-3-16(17)12-18(14)20)25-9-6-15(7-10-25)19-5-8-22-24-19/h5,8,11-13,15H,2-4,6-7,9-10H2,1H3,(H,22,24). The first-order valence-electron chi connectivity index (χ1n) is 9.45. The summed E-state index contributed by atoms with van der Waals surface area (Å²) in [6.45, 7) is 4.35. The van der Waals surface area contributed by atoms with Crippen molar-refractivity contribution in [2.75, 3.05) is 18.0 Å². The highest BCUT2D eigenvalue weighted by Crippen LogP contribution is 2.32. The van der Waals surface area contributed by atoms with Crippen molar-refractivity contribution in [3.05, 3.63) is 52.8 Å². The first kappa shape index (κ1) is 14.9. The summed E-state index contributed by atoms with van der Waals surface area (Å²) < 4.78 is 0. The van der Waals surface area contributed by atoms with Crippen molar-refractivity contribution in [2.24, 2.45) is 0 Å². The normalized spacial score (nSPS) is 18.0. The van der Waals surface area contributed by atoms with E-state index < -0.39 is 0 Å². The molecule has 3 aromatic rings. The monoisotopic (exact) mass is 332 g/mol. The summed E-state index contributed by atoms with van der Waals surface area (Å²) in [6.07, 6.45) is 7.91. The van der Waals surface area contributed by atoms with E-state index in [4.69, 9.17) is 4.98 Å². The molecule has 2 aliphatic rings. The largest absolute Gasteiger partial charge is 0.357 e. The second-order valence-corrected chi connectivity index (χ2v) is 7.56. The van der Waals surface area contributed by atoms with Gasteiger partial charge < -0.3 is 4.90 Å². The molecule has 1 aliphatic heterocycles. The molecule has 1 aromatic carbocycles. The molecule has 128 valence electrons. The lowest BCUT2D eigenvalue weighted by molar-refractivity contribution is 0.493. The molecule has 0 atom stereocenters. The number of nitrogens with one attached hydrogen (secondary N) is 1. The van der Waals surface area contributed by atoms with Crippen LogP contribution in [-0.4, -0.2) is 28.3 Å². The van der Waals surface area contributed by atoms with Crippen molar-refractivity contribution >= 4 is 16.7 Å². The topological polar surface area (TPSA) is 44.8 Å². The van der Waals surface area contributed by atoms with E-state index in [0.29, 0.717) is 5.92 Å². The van der Waals surface area contributed by atoms with Crippen molar-refractivity contribution in [1.82, 2.24) is 15.2 Å². The molecule has 0 spiro atoms. The fourth-order valence-corrected chi connectivity index (χ4v) is 4.52. The fraction of sp³-hybridized carbons (Fsp3) is 0.429. The van der Waals surface area contributed by atoms with Gasteiger partial charge in [0.15, 0.2) is 0 Å². The van der Waals surface area contributed by atoms with Crippen LogP contribution in [0.1, 0.15) is 47.6 Å². The molecule has 1 N–H and O–H groups in total. The SMILES string of the molecule is Cc1cc(N2CCC(c3ccn[nH]3)CC2)nc2cc3c(cc12)CCC3. The minimum atomic E-state index is 0.601. The molecule has 0 saturated carbocycles. The zero-order chi connectivity index (χ0) is 16.8. The summed E-state index contributed by atoms with van der Waals surface area (Å²) >= 11 is 0. The number of hydrogen-bond acceptors (Lipinski definition) is 3. The molecule has 1 saturated heterocycles. The quantitative estimate of drug-likeness (QED) is 0.767. The molecule has 4 nitrogen and oxygen atoms in total. The highest BCUT2D eigenvalue weighted by molar-refractivity contribution is 5.85. The summed E-state index contributed by atoms with van der Waals surface area (Å²) in [4.78, 5) is 7.48. The van der Waals surface area contributed by atoms with Crippen molar-refractivity contribution in [3.8, 4) is 0 Å². The van der Waals surface area contributed by atoms with Gasteiger partial charge in [0.05, 0.1) is 5.52 Å². The molecule has 25 heavy (non-hydrogen) atoms. The second kappa shape index (κ2) is 5.87. The summed E-state index contributed by atoms with van der Waals surface area (Å²) in [5.41, 5.74) is 6.84. The smallest absolute Gasteiger partial charge is 0.129 e. The van der Waals surface area contributed by atoms with E-state index in [0.717, 1.165) is 31.7 Å². The number of benzene rings is 1. The van der Waals surface area contributed by atoms with Gasteiger partial charge in [-0.15, -0.1) is 0 Å². The van der Waals surface area contributed by atoms with Crippen LogP contribution in [-0.2, 0) is 12.8 Å². The van der Waals surface area contributed by atoms with Crippen LogP contribution in [0.2, 0.25) is 0 Å². The minimum Gasteiger partial charge on any atom is -0.357 e. The molecular formula is C21H24N4. The van der Waals surface area contributed by atoms with Gasteiger partial charge in [-0.3, -0.25) is 5.10 Å².